The number of halogens is 3. The fourth-order valence-electron chi connectivity index (χ4n) is 0.360. The van der Waals surface area contributed by atoms with Crippen molar-refractivity contribution >= 4 is 10.1 Å². The van der Waals surface area contributed by atoms with Crippen molar-refractivity contribution in [3.05, 3.63) is 0 Å². The summed E-state index contributed by atoms with van der Waals surface area (Å²) >= 11 is 0. The maximum absolute atomic E-state index is 11.6. The first kappa shape index (κ1) is 6.81. The molecule has 3 nitrogen and oxygen atoms in total. The van der Waals surface area contributed by atoms with Crippen LogP contribution in [0.3, 0.4) is 0 Å². The van der Waals surface area contributed by atoms with Gasteiger partial charge in [-0.2, -0.15) is 21.4 Å². The summed E-state index contributed by atoms with van der Waals surface area (Å²) < 4.78 is 56.9. The SMILES string of the molecule is O=S1(=O)OC(F)(F)C1F. The molecule has 1 atom stereocenters. The summed E-state index contributed by atoms with van der Waals surface area (Å²) in [6, 6.07) is 0. The Morgan fingerprint density at radius 3 is 1.89 bits per heavy atom. The van der Waals surface area contributed by atoms with Gasteiger partial charge in [-0.15, -0.1) is 0 Å². The first-order valence-electron chi connectivity index (χ1n) is 1.82. The minimum Gasteiger partial charge on any atom is -0.217 e. The lowest BCUT2D eigenvalue weighted by Crippen LogP contribution is -2.52. The van der Waals surface area contributed by atoms with Crippen LogP contribution in [-0.4, -0.2) is 20.0 Å². The topological polar surface area (TPSA) is 43.4 Å². The Labute approximate surface area is 48.5 Å². The van der Waals surface area contributed by atoms with Gasteiger partial charge in [-0.3, -0.25) is 0 Å². The van der Waals surface area contributed by atoms with Gasteiger partial charge in [0.25, 0.3) is 0 Å². The Morgan fingerprint density at radius 2 is 1.89 bits per heavy atom. The molecule has 0 bridgehead atoms. The largest absolute Gasteiger partial charge is 0.417 e. The highest BCUT2D eigenvalue weighted by Crippen LogP contribution is 2.39. The Kier molecular flexibility index (Phi) is 1.06. The average molecular weight is 162 g/mol. The van der Waals surface area contributed by atoms with Crippen LogP contribution >= 0.6 is 0 Å². The van der Waals surface area contributed by atoms with E-state index in [2.05, 4.69) is 4.18 Å². The van der Waals surface area contributed by atoms with Gasteiger partial charge in [0.15, 0.2) is 0 Å². The summed E-state index contributed by atoms with van der Waals surface area (Å²) in [6.45, 7) is 0. The molecule has 7 heteroatoms. The van der Waals surface area contributed by atoms with Gasteiger partial charge in [-0.05, 0) is 0 Å². The normalized spacial score (nSPS) is 37.4. The van der Waals surface area contributed by atoms with Crippen molar-refractivity contribution < 1.29 is 25.8 Å². The summed E-state index contributed by atoms with van der Waals surface area (Å²) in [7, 11) is -4.58. The van der Waals surface area contributed by atoms with Crippen molar-refractivity contribution in [1.82, 2.24) is 0 Å². The van der Waals surface area contributed by atoms with E-state index >= 15 is 0 Å². The van der Waals surface area contributed by atoms with Gasteiger partial charge < -0.3 is 0 Å². The molecule has 1 aliphatic rings. The highest BCUT2D eigenvalue weighted by molar-refractivity contribution is 7.88. The van der Waals surface area contributed by atoms with Gasteiger partial charge >= 0.3 is 21.7 Å². The Hall–Kier alpha value is -0.300. The van der Waals surface area contributed by atoms with Crippen molar-refractivity contribution in [2.75, 3.05) is 0 Å². The van der Waals surface area contributed by atoms with Crippen LogP contribution in [0.2, 0.25) is 0 Å². The quantitative estimate of drug-likeness (QED) is 0.479. The molecule has 0 N–H and O–H groups in total. The van der Waals surface area contributed by atoms with Gasteiger partial charge in [0, 0.05) is 0 Å². The molecule has 0 aromatic rings. The first-order valence-corrected chi connectivity index (χ1v) is 3.30. The van der Waals surface area contributed by atoms with Crippen molar-refractivity contribution in [1.29, 1.82) is 0 Å². The fraction of sp³-hybridized carbons (Fsp3) is 1.00. The second-order valence-corrected chi connectivity index (χ2v) is 3.02. The van der Waals surface area contributed by atoms with Crippen molar-refractivity contribution in [2.45, 2.75) is 11.6 Å². The monoisotopic (exact) mass is 162 g/mol. The van der Waals surface area contributed by atoms with Crippen LogP contribution < -0.4 is 0 Å². The molecule has 1 fully saturated rings. The average Bonchev–Trinajstić information content (AvgIpc) is 1.63. The van der Waals surface area contributed by atoms with Gasteiger partial charge in [0.2, 0.25) is 0 Å². The van der Waals surface area contributed by atoms with Gasteiger partial charge in [-0.25, -0.2) is 4.39 Å². The molecule has 9 heavy (non-hydrogen) atoms. The summed E-state index contributed by atoms with van der Waals surface area (Å²) in [5.41, 5.74) is -3.19. The van der Waals surface area contributed by atoms with Crippen LogP contribution in [0.25, 0.3) is 0 Å². The van der Waals surface area contributed by atoms with E-state index in [1.54, 1.807) is 0 Å². The minimum atomic E-state index is -4.58. The van der Waals surface area contributed by atoms with Crippen LogP contribution in [0.5, 0.6) is 0 Å². The molecule has 1 rings (SSSR count). The second kappa shape index (κ2) is 1.40. The van der Waals surface area contributed by atoms with Crippen LogP contribution in [0, 0.1) is 0 Å². The lowest BCUT2D eigenvalue weighted by Gasteiger charge is -2.27. The lowest BCUT2D eigenvalue weighted by molar-refractivity contribution is -0.233. The predicted molar refractivity (Wildman–Crippen MR) is 19.8 cm³/mol. The van der Waals surface area contributed by atoms with Crippen molar-refractivity contribution in [3.63, 3.8) is 0 Å². The molecule has 0 amide bonds. The van der Waals surface area contributed by atoms with Crippen LogP contribution in [0.4, 0.5) is 13.2 Å². The molecule has 0 saturated carbocycles. The van der Waals surface area contributed by atoms with E-state index in [1.165, 1.54) is 0 Å². The van der Waals surface area contributed by atoms with Crippen molar-refractivity contribution in [2.24, 2.45) is 0 Å². The molecule has 1 unspecified atom stereocenters. The third-order valence-electron chi connectivity index (χ3n) is 0.745. The Bertz CT molecular complexity index is 219. The third-order valence-corrected chi connectivity index (χ3v) is 1.98. The molecule has 1 aliphatic heterocycles. The molecular weight excluding hydrogens is 161 g/mol. The number of hydrogen-bond donors (Lipinski definition) is 0. The summed E-state index contributed by atoms with van der Waals surface area (Å²) in [5, 5.41) is 0. The summed E-state index contributed by atoms with van der Waals surface area (Å²) in [6.07, 6.45) is -4.14. The molecule has 1 heterocycles. The molecule has 0 aromatic heterocycles. The van der Waals surface area contributed by atoms with Gasteiger partial charge in [-0.1, -0.05) is 0 Å². The second-order valence-electron chi connectivity index (χ2n) is 1.45. The molecular formula is C2HF3O3S. The maximum atomic E-state index is 11.6. The minimum absolute atomic E-state index is 2.89. The number of hydrogen-bond acceptors (Lipinski definition) is 3. The molecule has 0 aromatic carbocycles. The molecule has 0 radical (unpaired) electrons. The summed E-state index contributed by atoms with van der Waals surface area (Å²) in [4.78, 5) is 0. The number of rotatable bonds is 0. The molecule has 54 valence electrons. The van der Waals surface area contributed by atoms with E-state index < -0.39 is 21.7 Å². The Balaban J connectivity index is 2.86. The first-order chi connectivity index (χ1) is 3.86. The van der Waals surface area contributed by atoms with Gasteiger partial charge in [0.05, 0.1) is 0 Å². The van der Waals surface area contributed by atoms with Crippen LogP contribution in [0.15, 0.2) is 0 Å². The van der Waals surface area contributed by atoms with E-state index in [1.807, 2.05) is 0 Å². The maximum Gasteiger partial charge on any atom is 0.417 e. The highest BCUT2D eigenvalue weighted by Gasteiger charge is 2.65. The van der Waals surface area contributed by atoms with E-state index in [9.17, 15) is 21.6 Å². The van der Waals surface area contributed by atoms with E-state index in [4.69, 9.17) is 0 Å². The smallest absolute Gasteiger partial charge is 0.217 e. The van der Waals surface area contributed by atoms with Gasteiger partial charge in [0.1, 0.15) is 0 Å². The predicted octanol–water partition coefficient (Wildman–Crippen LogP) is 0.235. The lowest BCUT2D eigenvalue weighted by atomic mass is 10.7. The van der Waals surface area contributed by atoms with Crippen molar-refractivity contribution in [3.8, 4) is 0 Å². The summed E-state index contributed by atoms with van der Waals surface area (Å²) in [5.74, 6) is 0. The standard InChI is InChI=1S/C2HF3O3S/c3-1-2(4,5)8-9(1,6)7/h1H. The molecule has 0 spiro atoms. The van der Waals surface area contributed by atoms with Crippen LogP contribution in [-0.2, 0) is 14.3 Å². The van der Waals surface area contributed by atoms with E-state index in [0.29, 0.717) is 0 Å². The number of alkyl halides is 3. The fourth-order valence-corrected chi connectivity index (χ4v) is 1.08. The zero-order valence-corrected chi connectivity index (χ0v) is 4.66. The third kappa shape index (κ3) is 0.799. The van der Waals surface area contributed by atoms with E-state index in [0.717, 1.165) is 0 Å². The Morgan fingerprint density at radius 1 is 1.44 bits per heavy atom. The van der Waals surface area contributed by atoms with Crippen LogP contribution in [0.1, 0.15) is 0 Å². The highest BCUT2D eigenvalue weighted by atomic mass is 32.2. The molecule has 0 aliphatic carbocycles. The van der Waals surface area contributed by atoms with E-state index in [-0.39, 0.29) is 0 Å². The zero-order chi connectivity index (χ0) is 7.28. The molecule has 1 saturated heterocycles. The zero-order valence-electron chi connectivity index (χ0n) is 3.84.